The molecule has 3 aliphatic rings. The minimum absolute atomic E-state index is 0.593. The zero-order chi connectivity index (χ0) is 8.94. The maximum absolute atomic E-state index is 2.45. The lowest BCUT2D eigenvalue weighted by atomic mass is 9.58. The van der Waals surface area contributed by atoms with E-state index in [2.05, 4.69) is 37.3 Å². The second kappa shape index (κ2) is 2.17. The molecular formula is C13H16. The lowest BCUT2D eigenvalue weighted by Gasteiger charge is -2.46. The Kier molecular flexibility index (Phi) is 1.27. The lowest BCUT2D eigenvalue weighted by molar-refractivity contribution is 0.132. The van der Waals surface area contributed by atoms with Gasteiger partial charge in [0, 0.05) is 0 Å². The second-order valence-corrected chi connectivity index (χ2v) is 5.31. The minimum atomic E-state index is 0.593. The van der Waals surface area contributed by atoms with Crippen LogP contribution in [-0.2, 0) is 5.41 Å². The van der Waals surface area contributed by atoms with E-state index < -0.39 is 0 Å². The molecule has 0 nitrogen and oxygen atoms in total. The summed E-state index contributed by atoms with van der Waals surface area (Å²) in [6.45, 7) is 2.45. The summed E-state index contributed by atoms with van der Waals surface area (Å²) in [5.74, 6) is 0. The summed E-state index contributed by atoms with van der Waals surface area (Å²) in [5.41, 5.74) is 2.89. The molecule has 13 heavy (non-hydrogen) atoms. The van der Waals surface area contributed by atoms with Crippen molar-refractivity contribution in [2.45, 2.75) is 38.0 Å². The molecule has 2 bridgehead atoms. The number of rotatable bonds is 1. The first-order chi connectivity index (χ1) is 6.23. The van der Waals surface area contributed by atoms with Crippen LogP contribution in [0.3, 0.4) is 0 Å². The molecule has 4 rings (SSSR count). The van der Waals surface area contributed by atoms with Gasteiger partial charge in [0.25, 0.3) is 0 Å². The van der Waals surface area contributed by atoms with E-state index in [-0.39, 0.29) is 0 Å². The molecule has 0 N–H and O–H groups in total. The summed E-state index contributed by atoms with van der Waals surface area (Å²) in [5, 5.41) is 0. The third-order valence-corrected chi connectivity index (χ3v) is 4.12. The van der Waals surface area contributed by atoms with Crippen LogP contribution in [-0.4, -0.2) is 0 Å². The first-order valence-electron chi connectivity index (χ1n) is 5.28. The van der Waals surface area contributed by atoms with E-state index in [4.69, 9.17) is 0 Å². The van der Waals surface area contributed by atoms with Crippen molar-refractivity contribution in [3.8, 4) is 0 Å². The average Bonchev–Trinajstić information content (AvgIpc) is 2.61. The molecule has 0 amide bonds. The molecule has 68 valence electrons. The average molecular weight is 172 g/mol. The molecule has 0 radical (unpaired) electrons. The first kappa shape index (κ1) is 7.61. The monoisotopic (exact) mass is 172 g/mol. The van der Waals surface area contributed by atoms with Gasteiger partial charge in [-0.3, -0.25) is 0 Å². The van der Waals surface area contributed by atoms with Crippen molar-refractivity contribution < 1.29 is 0 Å². The zero-order valence-corrected chi connectivity index (χ0v) is 8.22. The Morgan fingerprint density at radius 1 is 1.00 bits per heavy atom. The van der Waals surface area contributed by atoms with Gasteiger partial charge in [-0.2, -0.15) is 0 Å². The highest BCUT2D eigenvalue weighted by molar-refractivity contribution is 5.33. The topological polar surface area (TPSA) is 0 Å². The number of fused-ring (bicyclic) bond motifs is 1. The van der Waals surface area contributed by atoms with Crippen molar-refractivity contribution in [2.24, 2.45) is 5.41 Å². The largest absolute Gasteiger partial charge is 0.0622 e. The summed E-state index contributed by atoms with van der Waals surface area (Å²) < 4.78 is 0. The molecule has 0 aromatic heterocycles. The second-order valence-electron chi connectivity index (χ2n) is 5.31. The minimum Gasteiger partial charge on any atom is -0.0622 e. The molecule has 3 saturated carbocycles. The van der Waals surface area contributed by atoms with E-state index in [9.17, 15) is 0 Å². The third-order valence-electron chi connectivity index (χ3n) is 4.12. The Morgan fingerprint density at radius 3 is 2.23 bits per heavy atom. The van der Waals surface area contributed by atoms with E-state index in [0.29, 0.717) is 10.8 Å². The van der Waals surface area contributed by atoms with Crippen molar-refractivity contribution >= 4 is 0 Å². The standard InChI is InChI=1S/C13H16/c1-12-7-8-13(9-12,10-12)11-5-3-2-4-6-11/h2-6H,7-10H2,1H3. The lowest BCUT2D eigenvalue weighted by Crippen LogP contribution is -2.38. The first-order valence-corrected chi connectivity index (χ1v) is 5.28. The van der Waals surface area contributed by atoms with Crippen molar-refractivity contribution in [3.63, 3.8) is 0 Å². The molecule has 3 fully saturated rings. The van der Waals surface area contributed by atoms with Crippen molar-refractivity contribution in [2.75, 3.05) is 0 Å². The molecule has 0 aliphatic heterocycles. The highest BCUT2D eigenvalue weighted by Gasteiger charge is 2.58. The van der Waals surface area contributed by atoms with Gasteiger partial charge in [0.2, 0.25) is 0 Å². The van der Waals surface area contributed by atoms with Gasteiger partial charge in [0.15, 0.2) is 0 Å². The van der Waals surface area contributed by atoms with Gasteiger partial charge in [-0.25, -0.2) is 0 Å². The van der Waals surface area contributed by atoms with Crippen molar-refractivity contribution in [3.05, 3.63) is 35.9 Å². The van der Waals surface area contributed by atoms with Gasteiger partial charge in [0.05, 0.1) is 0 Å². The fourth-order valence-corrected chi connectivity index (χ4v) is 3.62. The molecule has 0 atom stereocenters. The van der Waals surface area contributed by atoms with Gasteiger partial charge in [-0.15, -0.1) is 0 Å². The quantitative estimate of drug-likeness (QED) is 0.608. The SMILES string of the molecule is CC12CCC(c3ccccc3)(C1)C2. The molecule has 0 unspecified atom stereocenters. The summed E-state index contributed by atoms with van der Waals surface area (Å²) in [6, 6.07) is 11.1. The summed E-state index contributed by atoms with van der Waals surface area (Å²) in [6.07, 6.45) is 5.74. The van der Waals surface area contributed by atoms with Gasteiger partial charge < -0.3 is 0 Å². The highest BCUT2D eigenvalue weighted by atomic mass is 14.6. The predicted octanol–water partition coefficient (Wildman–Crippen LogP) is 3.52. The van der Waals surface area contributed by atoms with E-state index in [0.717, 1.165) is 0 Å². The van der Waals surface area contributed by atoms with Crippen LogP contribution in [0, 0.1) is 5.41 Å². The normalized spacial score (nSPS) is 41.6. The van der Waals surface area contributed by atoms with Crippen LogP contribution in [0.15, 0.2) is 30.3 Å². The van der Waals surface area contributed by atoms with Gasteiger partial charge >= 0.3 is 0 Å². The van der Waals surface area contributed by atoms with E-state index >= 15 is 0 Å². The van der Waals surface area contributed by atoms with E-state index in [1.807, 2.05) is 0 Å². The Balaban J connectivity index is 1.97. The molecule has 1 aromatic rings. The maximum Gasteiger partial charge on any atom is -0.00364 e. The van der Waals surface area contributed by atoms with Gasteiger partial charge in [0.1, 0.15) is 0 Å². The van der Waals surface area contributed by atoms with Crippen molar-refractivity contribution in [1.82, 2.24) is 0 Å². The summed E-state index contributed by atoms with van der Waals surface area (Å²) >= 11 is 0. The third kappa shape index (κ3) is 0.919. The molecule has 1 aromatic carbocycles. The number of hydrogen-bond donors (Lipinski definition) is 0. The predicted molar refractivity (Wildman–Crippen MR) is 54.7 cm³/mol. The fraction of sp³-hybridized carbons (Fsp3) is 0.538. The van der Waals surface area contributed by atoms with Crippen LogP contribution < -0.4 is 0 Å². The van der Waals surface area contributed by atoms with Crippen LogP contribution >= 0.6 is 0 Å². The molecule has 3 aliphatic carbocycles. The van der Waals surface area contributed by atoms with E-state index in [1.54, 1.807) is 5.56 Å². The summed E-state index contributed by atoms with van der Waals surface area (Å²) in [4.78, 5) is 0. The van der Waals surface area contributed by atoms with Crippen LogP contribution in [0.2, 0.25) is 0 Å². The van der Waals surface area contributed by atoms with Crippen LogP contribution in [0.1, 0.15) is 38.2 Å². The van der Waals surface area contributed by atoms with Crippen LogP contribution in [0.25, 0.3) is 0 Å². The number of benzene rings is 1. The molecule has 0 heteroatoms. The van der Waals surface area contributed by atoms with Gasteiger partial charge in [-0.05, 0) is 42.1 Å². The van der Waals surface area contributed by atoms with Crippen LogP contribution in [0.4, 0.5) is 0 Å². The summed E-state index contributed by atoms with van der Waals surface area (Å²) in [7, 11) is 0. The zero-order valence-electron chi connectivity index (χ0n) is 8.22. The fourth-order valence-electron chi connectivity index (χ4n) is 3.62. The molecule has 0 heterocycles. The smallest absolute Gasteiger partial charge is 0.00364 e. The molecule has 0 saturated heterocycles. The molecule has 0 spiro atoms. The Labute approximate surface area is 80.0 Å². The van der Waals surface area contributed by atoms with Crippen LogP contribution in [0.5, 0.6) is 0 Å². The Morgan fingerprint density at radius 2 is 1.69 bits per heavy atom. The van der Waals surface area contributed by atoms with Crippen molar-refractivity contribution in [1.29, 1.82) is 0 Å². The Hall–Kier alpha value is -0.780. The Bertz CT molecular complexity index is 317. The highest BCUT2D eigenvalue weighted by Crippen LogP contribution is 2.67. The van der Waals surface area contributed by atoms with E-state index in [1.165, 1.54) is 25.7 Å². The number of hydrogen-bond acceptors (Lipinski definition) is 0. The van der Waals surface area contributed by atoms with Gasteiger partial charge in [-0.1, -0.05) is 37.3 Å². The maximum atomic E-state index is 2.45. The molecular weight excluding hydrogens is 156 g/mol.